The van der Waals surface area contributed by atoms with Gasteiger partial charge >= 0.3 is 0 Å². The van der Waals surface area contributed by atoms with Crippen molar-refractivity contribution in [2.75, 3.05) is 5.75 Å². The van der Waals surface area contributed by atoms with Crippen molar-refractivity contribution in [3.8, 4) is 0 Å². The Morgan fingerprint density at radius 2 is 1.62 bits per heavy atom. The van der Waals surface area contributed by atoms with Crippen molar-refractivity contribution in [1.82, 2.24) is 0 Å². The van der Waals surface area contributed by atoms with Gasteiger partial charge in [-0.25, -0.2) is 0 Å². The highest BCUT2D eigenvalue weighted by Crippen LogP contribution is 1.74. The van der Waals surface area contributed by atoms with Crippen LogP contribution in [-0.2, 0) is 14.7 Å². The molecule has 0 saturated carbocycles. The van der Waals surface area contributed by atoms with E-state index in [1.165, 1.54) is 6.92 Å². The second-order valence-corrected chi connectivity index (χ2v) is 2.61. The van der Waals surface area contributed by atoms with E-state index in [0.717, 1.165) is 0 Å². The fourth-order valence-corrected chi connectivity index (χ4v) is 0. The molecule has 0 bridgehead atoms. The molecule has 1 atom stereocenters. The van der Waals surface area contributed by atoms with Gasteiger partial charge in [0.2, 0.25) is 0 Å². The number of hydrogen-bond donors (Lipinski definition) is 1. The molecule has 0 spiro atoms. The van der Waals surface area contributed by atoms with E-state index in [1.54, 1.807) is 0 Å². The summed E-state index contributed by atoms with van der Waals surface area (Å²) in [5.41, 5.74) is 0. The quantitative estimate of drug-likeness (QED) is 0.427. The molecule has 0 rings (SSSR count). The fraction of sp³-hybridized carbons (Fsp3) is 1.00. The van der Waals surface area contributed by atoms with Gasteiger partial charge in [0, 0.05) is 0 Å². The van der Waals surface area contributed by atoms with E-state index in [1.807, 2.05) is 0 Å². The van der Waals surface area contributed by atoms with Crippen molar-refractivity contribution in [3.63, 3.8) is 0 Å². The Morgan fingerprint density at radius 3 is 1.62 bits per heavy atom. The van der Waals surface area contributed by atoms with E-state index in [0.29, 0.717) is 9.12 Å². The van der Waals surface area contributed by atoms with Gasteiger partial charge < -0.3 is 4.57 Å². The minimum atomic E-state index is -3.66. The van der Waals surface area contributed by atoms with Gasteiger partial charge in [-0.3, -0.25) is 4.55 Å². The molecule has 52 valence electrons. The molecule has 0 heterocycles. The van der Waals surface area contributed by atoms with E-state index in [-0.39, 0.29) is 5.75 Å². The summed E-state index contributed by atoms with van der Waals surface area (Å²) in [6.45, 7) is 1.37. The molecule has 0 aliphatic carbocycles. The maximum atomic E-state index is 9.56. The first-order valence-corrected chi connectivity index (χ1v) is 3.99. The third-order valence-electron chi connectivity index (χ3n) is 0.365. The van der Waals surface area contributed by atoms with Crippen molar-refractivity contribution in [1.29, 1.82) is 0 Å². The first-order valence-electron chi connectivity index (χ1n) is 1.80. The zero-order valence-electron chi connectivity index (χ0n) is 4.49. The number of hydrogen-bond acceptors (Lipinski definition) is 3. The zero-order chi connectivity index (χ0) is 7.21. The first-order chi connectivity index (χ1) is 3.56. The first kappa shape index (κ1) is 11.0. The maximum Gasteiger partial charge on any atom is 0.264 e. The Balaban J connectivity index is 0. The Kier molecular flexibility index (Phi) is 7.26. The molecule has 0 saturated heterocycles. The molecular weight excluding hydrogens is 151 g/mol. The molecule has 0 radical (unpaired) electrons. The van der Waals surface area contributed by atoms with Crippen LogP contribution >= 0.6 is 9.12 Å². The second-order valence-electron chi connectivity index (χ2n) is 0.871. The normalized spacial score (nSPS) is 9.75. The van der Waals surface area contributed by atoms with Crippen LogP contribution in [0.1, 0.15) is 6.92 Å². The largest absolute Gasteiger partial charge is 0.333 e. The molecule has 0 aromatic heterocycles. The van der Waals surface area contributed by atoms with Crippen LogP contribution in [0.15, 0.2) is 0 Å². The predicted molar refractivity (Wildman–Crippen MR) is 33.9 cm³/mol. The van der Waals surface area contributed by atoms with Gasteiger partial charge in [-0.15, -0.1) is 0 Å². The van der Waals surface area contributed by atoms with E-state index >= 15 is 0 Å². The minimum Gasteiger partial charge on any atom is -0.333 e. The number of rotatable bonds is 1. The van der Waals surface area contributed by atoms with Crippen LogP contribution in [0.4, 0.5) is 0 Å². The lowest BCUT2D eigenvalue weighted by Crippen LogP contribution is -1.97. The lowest BCUT2D eigenvalue weighted by Gasteiger charge is -1.79. The maximum absolute atomic E-state index is 9.56. The standard InChI is InChI=1S/C2H6O3S.H3OP/c1-2-6(3,4)5;1-2/h2H2,1H3,(H,3,4,5);2H3. The van der Waals surface area contributed by atoms with Crippen molar-refractivity contribution < 1.29 is 17.5 Å². The third kappa shape index (κ3) is 16.5. The third-order valence-corrected chi connectivity index (χ3v) is 1.09. The average Bonchev–Trinajstić information content (AvgIpc) is 1.71. The van der Waals surface area contributed by atoms with Crippen LogP contribution in [0.2, 0.25) is 0 Å². The van der Waals surface area contributed by atoms with E-state index in [4.69, 9.17) is 9.12 Å². The Hall–Kier alpha value is 0.140. The van der Waals surface area contributed by atoms with Gasteiger partial charge in [0.05, 0.1) is 14.9 Å². The topological polar surface area (TPSA) is 71.4 Å². The summed E-state index contributed by atoms with van der Waals surface area (Å²) < 4.78 is 35.2. The molecule has 1 unspecified atom stereocenters. The predicted octanol–water partition coefficient (Wildman–Crippen LogP) is -0.167. The molecule has 0 aromatic carbocycles. The van der Waals surface area contributed by atoms with E-state index in [2.05, 4.69) is 0 Å². The lowest BCUT2D eigenvalue weighted by molar-refractivity contribution is 0.484. The molecule has 0 aliphatic heterocycles. The summed E-state index contributed by atoms with van der Waals surface area (Å²) >= 11 is 0. The molecule has 6 heteroatoms. The Bertz CT molecular complexity index is 127. The molecule has 0 fully saturated rings. The van der Waals surface area contributed by atoms with Crippen molar-refractivity contribution >= 4 is 19.2 Å². The van der Waals surface area contributed by atoms with Crippen molar-refractivity contribution in [2.24, 2.45) is 0 Å². The summed E-state index contributed by atoms with van der Waals surface area (Å²) in [5.74, 6) is -0.201. The Labute approximate surface area is 50.3 Å². The summed E-state index contributed by atoms with van der Waals surface area (Å²) in [4.78, 5) is 0. The molecule has 0 amide bonds. The Morgan fingerprint density at radius 1 is 1.50 bits per heavy atom. The summed E-state index contributed by atoms with van der Waals surface area (Å²) in [5, 5.41) is 0. The van der Waals surface area contributed by atoms with Gasteiger partial charge in [0.1, 0.15) is 0 Å². The molecule has 0 aromatic rings. The smallest absolute Gasteiger partial charge is 0.264 e. The summed E-state index contributed by atoms with van der Waals surface area (Å²) in [6, 6.07) is 0. The van der Waals surface area contributed by atoms with Crippen molar-refractivity contribution in [2.45, 2.75) is 6.92 Å². The fourth-order valence-electron chi connectivity index (χ4n) is 0. The van der Waals surface area contributed by atoms with Crippen LogP contribution in [-0.4, -0.2) is 18.7 Å². The lowest BCUT2D eigenvalue weighted by atomic mass is 11.0. The van der Waals surface area contributed by atoms with Crippen LogP contribution < -0.4 is 0 Å². The van der Waals surface area contributed by atoms with Crippen LogP contribution in [0.25, 0.3) is 0 Å². The van der Waals surface area contributed by atoms with Gasteiger partial charge in [0.15, 0.2) is 0 Å². The van der Waals surface area contributed by atoms with Gasteiger partial charge in [-0.05, 0) is 6.92 Å². The average molecular weight is 160 g/mol. The monoisotopic (exact) mass is 160 g/mol. The molecule has 1 N–H and O–H groups in total. The van der Waals surface area contributed by atoms with Gasteiger partial charge in [0.25, 0.3) is 10.1 Å². The highest BCUT2D eigenvalue weighted by Gasteiger charge is 1.93. The molecule has 0 aliphatic rings. The molecule has 4 nitrogen and oxygen atoms in total. The van der Waals surface area contributed by atoms with Crippen LogP contribution in [0, 0.1) is 0 Å². The second kappa shape index (κ2) is 5.28. The summed E-state index contributed by atoms with van der Waals surface area (Å²) in [6.07, 6.45) is 0. The van der Waals surface area contributed by atoms with Gasteiger partial charge in [-0.1, -0.05) is 0 Å². The molecular formula is C2H9O4PS. The minimum absolute atomic E-state index is 0.201. The SMILES string of the molecule is CCS(=O)(=O)O.O=[PH3]. The van der Waals surface area contributed by atoms with E-state index < -0.39 is 10.1 Å². The highest BCUT2D eigenvalue weighted by atomic mass is 32.2. The highest BCUT2D eigenvalue weighted by molar-refractivity contribution is 7.85. The summed E-state index contributed by atoms with van der Waals surface area (Å²) in [7, 11) is -3.05. The molecule has 8 heavy (non-hydrogen) atoms. The van der Waals surface area contributed by atoms with Gasteiger partial charge in [-0.2, -0.15) is 8.42 Å². The van der Waals surface area contributed by atoms with Crippen molar-refractivity contribution in [3.05, 3.63) is 0 Å². The van der Waals surface area contributed by atoms with Crippen LogP contribution in [0.5, 0.6) is 0 Å². The van der Waals surface area contributed by atoms with Crippen LogP contribution in [0.3, 0.4) is 0 Å². The zero-order valence-corrected chi connectivity index (χ0v) is 6.73. The van der Waals surface area contributed by atoms with E-state index in [9.17, 15) is 8.42 Å².